The molecule has 0 bridgehead atoms. The number of carboxylic acids is 1. The highest BCUT2D eigenvalue weighted by Gasteiger charge is 2.27. The van der Waals surface area contributed by atoms with Crippen molar-refractivity contribution in [1.29, 1.82) is 0 Å². The van der Waals surface area contributed by atoms with Crippen molar-refractivity contribution < 1.29 is 19.5 Å². The van der Waals surface area contributed by atoms with E-state index in [0.29, 0.717) is 13.1 Å². The zero-order valence-electron chi connectivity index (χ0n) is 7.86. The molecule has 1 N–H and O–H groups in total. The number of carboxylic acid groups (broad SMARTS) is 1. The van der Waals surface area contributed by atoms with Crippen molar-refractivity contribution in [1.82, 2.24) is 4.90 Å². The molecule has 0 aliphatic carbocycles. The van der Waals surface area contributed by atoms with Crippen molar-refractivity contribution >= 4 is 17.7 Å². The fourth-order valence-corrected chi connectivity index (χ4v) is 1.51. The number of nitrogens with zero attached hydrogens (tertiary/aromatic N) is 1. The average molecular weight is 199 g/mol. The maximum atomic E-state index is 11.3. The van der Waals surface area contributed by atoms with E-state index in [1.807, 2.05) is 0 Å². The van der Waals surface area contributed by atoms with Gasteiger partial charge in [0.15, 0.2) is 0 Å². The summed E-state index contributed by atoms with van der Waals surface area (Å²) in [6, 6.07) is 0. The Hall–Kier alpha value is -1.39. The third kappa shape index (κ3) is 2.55. The quantitative estimate of drug-likeness (QED) is 0.503. The Morgan fingerprint density at radius 2 is 1.43 bits per heavy atom. The molecule has 0 aromatic carbocycles. The van der Waals surface area contributed by atoms with Crippen LogP contribution in [0.1, 0.15) is 25.7 Å². The molecule has 0 saturated carbocycles. The molecule has 5 nitrogen and oxygen atoms in total. The highest BCUT2D eigenvalue weighted by atomic mass is 16.4. The van der Waals surface area contributed by atoms with E-state index >= 15 is 0 Å². The Balaban J connectivity index is 2.58. The molecule has 0 aromatic rings. The van der Waals surface area contributed by atoms with Crippen molar-refractivity contribution in [2.75, 3.05) is 13.1 Å². The van der Waals surface area contributed by atoms with Gasteiger partial charge in [-0.3, -0.25) is 9.59 Å². The number of carbonyl (C=O) groups excluding carboxylic acids is 2. The number of amides is 1. The van der Waals surface area contributed by atoms with Crippen molar-refractivity contribution in [2.45, 2.75) is 25.7 Å². The second kappa shape index (κ2) is 4.74. The molecule has 5 heteroatoms. The van der Waals surface area contributed by atoms with E-state index < -0.39 is 17.7 Å². The normalized spacial score (nSPS) is 17.3. The number of aliphatic carboxylic acids is 1. The lowest BCUT2D eigenvalue weighted by molar-refractivity contribution is -0.156. The van der Waals surface area contributed by atoms with E-state index in [-0.39, 0.29) is 0 Å². The van der Waals surface area contributed by atoms with Crippen LogP contribution in [0.4, 0.5) is 0 Å². The van der Waals surface area contributed by atoms with Gasteiger partial charge in [-0.15, -0.1) is 0 Å². The minimum Gasteiger partial charge on any atom is -0.475 e. The maximum absolute atomic E-state index is 11.3. The molecule has 0 spiro atoms. The van der Waals surface area contributed by atoms with Gasteiger partial charge in [0.1, 0.15) is 0 Å². The van der Waals surface area contributed by atoms with E-state index in [9.17, 15) is 14.4 Å². The molecule has 1 aliphatic heterocycles. The van der Waals surface area contributed by atoms with Gasteiger partial charge in [-0.1, -0.05) is 12.8 Å². The number of likely N-dealkylation sites (tertiary alicyclic amines) is 1. The smallest absolute Gasteiger partial charge is 0.382 e. The molecule has 1 rings (SSSR count). The standard InChI is InChI=1S/C9H13NO4/c11-7(9(13)14)8(12)10-5-3-1-2-4-6-10/h1-6H2,(H,13,14). The zero-order chi connectivity index (χ0) is 10.6. The zero-order valence-corrected chi connectivity index (χ0v) is 7.86. The topological polar surface area (TPSA) is 74.7 Å². The SMILES string of the molecule is O=C(O)C(=O)C(=O)N1CCCCCC1. The second-order valence-corrected chi connectivity index (χ2v) is 3.34. The molecule has 0 aromatic heterocycles. The molecular weight excluding hydrogens is 186 g/mol. The molecule has 1 aliphatic rings. The van der Waals surface area contributed by atoms with Crippen molar-refractivity contribution in [3.05, 3.63) is 0 Å². The first-order chi connectivity index (χ1) is 6.63. The van der Waals surface area contributed by atoms with Crippen LogP contribution in [0.25, 0.3) is 0 Å². The summed E-state index contributed by atoms with van der Waals surface area (Å²) < 4.78 is 0. The van der Waals surface area contributed by atoms with Gasteiger partial charge in [-0.25, -0.2) is 4.79 Å². The number of hydrogen-bond acceptors (Lipinski definition) is 3. The number of hydrogen-bond donors (Lipinski definition) is 1. The predicted molar refractivity (Wildman–Crippen MR) is 47.7 cm³/mol. The summed E-state index contributed by atoms with van der Waals surface area (Å²) in [4.78, 5) is 33.8. The van der Waals surface area contributed by atoms with Gasteiger partial charge in [0.05, 0.1) is 0 Å². The highest BCUT2D eigenvalue weighted by molar-refractivity contribution is 6.61. The van der Waals surface area contributed by atoms with E-state index in [0.717, 1.165) is 25.7 Å². The predicted octanol–water partition coefficient (Wildman–Crippen LogP) is 0.0427. The van der Waals surface area contributed by atoms with Crippen molar-refractivity contribution in [2.24, 2.45) is 0 Å². The van der Waals surface area contributed by atoms with Crippen LogP contribution in [0.2, 0.25) is 0 Å². The number of carbonyl (C=O) groups is 3. The van der Waals surface area contributed by atoms with Crippen LogP contribution in [0.3, 0.4) is 0 Å². The molecule has 14 heavy (non-hydrogen) atoms. The molecule has 1 fully saturated rings. The Morgan fingerprint density at radius 1 is 0.929 bits per heavy atom. The molecule has 1 amide bonds. The first-order valence-corrected chi connectivity index (χ1v) is 4.69. The van der Waals surface area contributed by atoms with Crippen LogP contribution in [0.5, 0.6) is 0 Å². The van der Waals surface area contributed by atoms with Gasteiger partial charge >= 0.3 is 17.7 Å². The molecule has 78 valence electrons. The molecule has 1 heterocycles. The first kappa shape index (κ1) is 10.7. The van der Waals surface area contributed by atoms with Gasteiger partial charge in [0.2, 0.25) is 0 Å². The number of rotatable bonds is 2. The van der Waals surface area contributed by atoms with Crippen LogP contribution in [0, 0.1) is 0 Å². The fraction of sp³-hybridized carbons (Fsp3) is 0.667. The average Bonchev–Trinajstić information content (AvgIpc) is 2.43. The third-order valence-electron chi connectivity index (χ3n) is 2.28. The van der Waals surface area contributed by atoms with Crippen molar-refractivity contribution in [3.63, 3.8) is 0 Å². The monoisotopic (exact) mass is 199 g/mol. The van der Waals surface area contributed by atoms with Crippen LogP contribution < -0.4 is 0 Å². The molecule has 0 radical (unpaired) electrons. The molecule has 0 atom stereocenters. The lowest BCUT2D eigenvalue weighted by atomic mass is 10.2. The van der Waals surface area contributed by atoms with Gasteiger partial charge in [0.25, 0.3) is 0 Å². The molecule has 1 saturated heterocycles. The van der Waals surface area contributed by atoms with Crippen molar-refractivity contribution in [3.8, 4) is 0 Å². The lowest BCUT2D eigenvalue weighted by Crippen LogP contribution is -2.40. The highest BCUT2D eigenvalue weighted by Crippen LogP contribution is 2.09. The Bertz CT molecular complexity index is 254. The van der Waals surface area contributed by atoms with Gasteiger partial charge in [0, 0.05) is 13.1 Å². The molecule has 0 unspecified atom stereocenters. The van der Waals surface area contributed by atoms with E-state index in [2.05, 4.69) is 0 Å². The fourth-order valence-electron chi connectivity index (χ4n) is 1.51. The van der Waals surface area contributed by atoms with Gasteiger partial charge in [-0.2, -0.15) is 0 Å². The summed E-state index contributed by atoms with van der Waals surface area (Å²) in [6.07, 6.45) is 3.76. The van der Waals surface area contributed by atoms with Crippen LogP contribution in [0.15, 0.2) is 0 Å². The van der Waals surface area contributed by atoms with Crippen LogP contribution in [-0.4, -0.2) is 40.8 Å². The number of ketones is 1. The Kier molecular flexibility index (Phi) is 3.62. The largest absolute Gasteiger partial charge is 0.475 e. The Labute approximate surface area is 81.7 Å². The maximum Gasteiger partial charge on any atom is 0.382 e. The summed E-state index contributed by atoms with van der Waals surface area (Å²) in [6.45, 7) is 0.996. The van der Waals surface area contributed by atoms with Gasteiger partial charge < -0.3 is 10.0 Å². The van der Waals surface area contributed by atoms with Gasteiger partial charge in [-0.05, 0) is 12.8 Å². The summed E-state index contributed by atoms with van der Waals surface area (Å²) in [7, 11) is 0. The van der Waals surface area contributed by atoms with Crippen LogP contribution in [-0.2, 0) is 14.4 Å². The summed E-state index contributed by atoms with van der Waals surface area (Å²) in [5.41, 5.74) is 0. The third-order valence-corrected chi connectivity index (χ3v) is 2.28. The second-order valence-electron chi connectivity index (χ2n) is 3.34. The minimum atomic E-state index is -1.67. The summed E-state index contributed by atoms with van der Waals surface area (Å²) in [5.74, 6) is -3.87. The summed E-state index contributed by atoms with van der Waals surface area (Å²) >= 11 is 0. The van der Waals surface area contributed by atoms with E-state index in [1.165, 1.54) is 4.90 Å². The summed E-state index contributed by atoms with van der Waals surface area (Å²) in [5, 5.41) is 8.36. The minimum absolute atomic E-state index is 0.498. The van der Waals surface area contributed by atoms with E-state index in [1.54, 1.807) is 0 Å². The first-order valence-electron chi connectivity index (χ1n) is 4.69. The Morgan fingerprint density at radius 3 is 1.86 bits per heavy atom. The molecular formula is C9H13NO4. The van der Waals surface area contributed by atoms with Crippen LogP contribution >= 0.6 is 0 Å². The number of Topliss-reactive ketones (excluding diaryl/α,β-unsaturated/α-hetero) is 1. The lowest BCUT2D eigenvalue weighted by Gasteiger charge is -2.17. The van der Waals surface area contributed by atoms with E-state index in [4.69, 9.17) is 5.11 Å².